The maximum absolute atomic E-state index is 12.7. The Kier molecular flexibility index (Phi) is 7.68. The van der Waals surface area contributed by atoms with Crippen molar-refractivity contribution >= 4 is 19.1 Å². The van der Waals surface area contributed by atoms with Crippen LogP contribution in [0.4, 0.5) is 4.79 Å². The Balaban J connectivity index is 2.15. The van der Waals surface area contributed by atoms with Crippen LogP contribution in [0.1, 0.15) is 39.7 Å². The van der Waals surface area contributed by atoms with E-state index in [1.807, 2.05) is 58.0 Å². The normalized spacial score (nSPS) is 19.4. The van der Waals surface area contributed by atoms with E-state index < -0.39 is 42.3 Å². The van der Waals surface area contributed by atoms with Gasteiger partial charge in [-0.25, -0.2) is 4.79 Å². The smallest absolute Gasteiger partial charge is 0.465 e. The summed E-state index contributed by atoms with van der Waals surface area (Å²) in [4.78, 5) is 23.8. The van der Waals surface area contributed by atoms with Gasteiger partial charge in [0.25, 0.3) is 0 Å². The van der Waals surface area contributed by atoms with E-state index in [0.717, 1.165) is 5.56 Å². The fraction of sp³-hybridized carbons (Fsp3) is 0.600. The maximum atomic E-state index is 12.7. The number of rotatable bonds is 9. The fourth-order valence-electron chi connectivity index (χ4n) is 3.08. The Bertz CT molecular complexity index is 681. The molecule has 2 rings (SSSR count). The second-order valence-electron chi connectivity index (χ2n) is 8.22. The number of carbonyl (C=O) groups excluding carboxylic acids is 1. The van der Waals surface area contributed by atoms with Crippen molar-refractivity contribution in [3.05, 3.63) is 35.9 Å². The van der Waals surface area contributed by atoms with E-state index in [0.29, 0.717) is 12.8 Å². The molecule has 2 atom stereocenters. The number of benzene rings is 1. The number of ether oxygens (including phenoxy) is 1. The standard InChI is InChI=1S/C20H31BN2O6/c1-19(2)20(3,4)29-21(28-19)16(12-11-14-9-7-6-8-10-14)23-17(24)15(13-27-5)22-18(25)26/h6-10,15-16,22H,11-13H2,1-5H3,(H,23,24)(H,25,26). The van der Waals surface area contributed by atoms with Gasteiger partial charge in [0.2, 0.25) is 5.91 Å². The van der Waals surface area contributed by atoms with Crippen LogP contribution in [0.15, 0.2) is 30.3 Å². The van der Waals surface area contributed by atoms with Crippen LogP contribution in [0, 0.1) is 0 Å². The van der Waals surface area contributed by atoms with Gasteiger partial charge in [-0.05, 0) is 46.1 Å². The summed E-state index contributed by atoms with van der Waals surface area (Å²) >= 11 is 0. The summed E-state index contributed by atoms with van der Waals surface area (Å²) in [7, 11) is 0.756. The SMILES string of the molecule is COCC(NC(=O)O)C(=O)NC(CCc1ccccc1)B1OC(C)(C)C(C)(C)O1. The van der Waals surface area contributed by atoms with Gasteiger partial charge in [-0.2, -0.15) is 0 Å². The molecule has 0 aromatic heterocycles. The Hall–Kier alpha value is -2.10. The topological polar surface area (TPSA) is 106 Å². The first kappa shape index (κ1) is 23.2. The highest BCUT2D eigenvalue weighted by Crippen LogP contribution is 2.38. The van der Waals surface area contributed by atoms with Gasteiger partial charge in [-0.3, -0.25) is 4.79 Å². The average Bonchev–Trinajstić information content (AvgIpc) is 2.86. The number of aryl methyl sites for hydroxylation is 1. The molecule has 0 radical (unpaired) electrons. The van der Waals surface area contributed by atoms with Gasteiger partial charge >= 0.3 is 13.2 Å². The zero-order chi connectivity index (χ0) is 21.7. The maximum Gasteiger partial charge on any atom is 0.481 e. The van der Waals surface area contributed by atoms with Crippen LogP contribution in [0.5, 0.6) is 0 Å². The molecule has 9 heteroatoms. The highest BCUT2D eigenvalue weighted by Gasteiger charge is 2.54. The van der Waals surface area contributed by atoms with Gasteiger partial charge < -0.3 is 29.8 Å². The summed E-state index contributed by atoms with van der Waals surface area (Å²) in [5.74, 6) is -0.944. The van der Waals surface area contributed by atoms with E-state index >= 15 is 0 Å². The van der Waals surface area contributed by atoms with Crippen molar-refractivity contribution in [2.75, 3.05) is 13.7 Å². The molecule has 1 aliphatic heterocycles. The van der Waals surface area contributed by atoms with Crippen LogP contribution in [0.3, 0.4) is 0 Å². The molecule has 0 aliphatic carbocycles. The minimum absolute atomic E-state index is 0.0765. The lowest BCUT2D eigenvalue weighted by Crippen LogP contribution is -2.55. The highest BCUT2D eigenvalue weighted by molar-refractivity contribution is 6.48. The van der Waals surface area contributed by atoms with E-state index in [2.05, 4.69) is 10.6 Å². The average molecular weight is 406 g/mol. The molecule has 1 aromatic rings. The molecule has 1 saturated heterocycles. The van der Waals surface area contributed by atoms with Crippen LogP contribution in [-0.4, -0.2) is 61.1 Å². The number of hydrogen-bond donors (Lipinski definition) is 3. The van der Waals surface area contributed by atoms with Gasteiger partial charge in [0.15, 0.2) is 0 Å². The number of carboxylic acid groups (broad SMARTS) is 1. The predicted octanol–water partition coefficient (Wildman–Crippen LogP) is 2.02. The summed E-state index contributed by atoms with van der Waals surface area (Å²) in [6.45, 7) is 7.71. The van der Waals surface area contributed by atoms with Crippen molar-refractivity contribution in [3.63, 3.8) is 0 Å². The third-order valence-electron chi connectivity index (χ3n) is 5.46. The van der Waals surface area contributed by atoms with Gasteiger partial charge in [0.1, 0.15) is 6.04 Å². The molecule has 2 amide bonds. The molecule has 1 fully saturated rings. The summed E-state index contributed by atoms with van der Waals surface area (Å²) in [5.41, 5.74) is 0.0393. The van der Waals surface area contributed by atoms with Crippen LogP contribution in [0.2, 0.25) is 0 Å². The molecule has 1 heterocycles. The Morgan fingerprint density at radius 1 is 1.10 bits per heavy atom. The van der Waals surface area contributed by atoms with E-state index in [-0.39, 0.29) is 6.61 Å². The van der Waals surface area contributed by atoms with E-state index in [9.17, 15) is 9.59 Å². The van der Waals surface area contributed by atoms with E-state index in [4.69, 9.17) is 19.2 Å². The Morgan fingerprint density at radius 2 is 1.69 bits per heavy atom. The van der Waals surface area contributed by atoms with E-state index in [1.165, 1.54) is 7.11 Å². The molecule has 1 aliphatic rings. The fourth-order valence-corrected chi connectivity index (χ4v) is 3.08. The largest absolute Gasteiger partial charge is 0.481 e. The lowest BCUT2D eigenvalue weighted by atomic mass is 9.75. The number of nitrogens with one attached hydrogen (secondary N) is 2. The first-order valence-electron chi connectivity index (χ1n) is 9.74. The molecule has 1 aromatic carbocycles. The third-order valence-corrected chi connectivity index (χ3v) is 5.46. The minimum atomic E-state index is -1.29. The number of hydrogen-bond acceptors (Lipinski definition) is 5. The van der Waals surface area contributed by atoms with Crippen molar-refractivity contribution in [1.29, 1.82) is 0 Å². The van der Waals surface area contributed by atoms with Crippen LogP contribution in [-0.2, 0) is 25.3 Å². The summed E-state index contributed by atoms with van der Waals surface area (Å²) < 4.78 is 17.2. The molecule has 160 valence electrons. The van der Waals surface area contributed by atoms with E-state index in [1.54, 1.807) is 0 Å². The van der Waals surface area contributed by atoms with Crippen molar-refractivity contribution in [3.8, 4) is 0 Å². The first-order chi connectivity index (χ1) is 13.6. The Labute approximate surface area is 172 Å². The van der Waals surface area contributed by atoms with Crippen molar-refractivity contribution in [2.45, 2.75) is 63.7 Å². The number of carbonyl (C=O) groups is 2. The molecular formula is C20H31BN2O6. The molecule has 0 saturated carbocycles. The van der Waals surface area contributed by atoms with Crippen LogP contribution >= 0.6 is 0 Å². The van der Waals surface area contributed by atoms with Crippen molar-refractivity contribution < 1.29 is 28.7 Å². The molecule has 0 spiro atoms. The summed E-state index contributed by atoms with van der Waals surface area (Å²) in [5, 5.41) is 14.1. The van der Waals surface area contributed by atoms with Crippen molar-refractivity contribution in [1.82, 2.24) is 10.6 Å². The molecule has 29 heavy (non-hydrogen) atoms. The zero-order valence-electron chi connectivity index (χ0n) is 17.7. The monoisotopic (exact) mass is 406 g/mol. The molecule has 0 bridgehead atoms. The lowest BCUT2D eigenvalue weighted by Gasteiger charge is -2.32. The zero-order valence-corrected chi connectivity index (χ0v) is 17.7. The molecule has 2 unspecified atom stereocenters. The quantitative estimate of drug-likeness (QED) is 0.542. The number of methoxy groups -OCH3 is 1. The predicted molar refractivity (Wildman–Crippen MR) is 110 cm³/mol. The summed E-state index contributed by atoms with van der Waals surface area (Å²) in [6.07, 6.45) is -0.0186. The molecule has 8 nitrogen and oxygen atoms in total. The second-order valence-corrected chi connectivity index (χ2v) is 8.22. The van der Waals surface area contributed by atoms with Gasteiger partial charge in [0, 0.05) is 7.11 Å². The minimum Gasteiger partial charge on any atom is -0.465 e. The van der Waals surface area contributed by atoms with Gasteiger partial charge in [-0.1, -0.05) is 30.3 Å². The second kappa shape index (κ2) is 9.60. The number of amides is 2. The lowest BCUT2D eigenvalue weighted by molar-refractivity contribution is -0.124. The Morgan fingerprint density at radius 3 is 2.21 bits per heavy atom. The van der Waals surface area contributed by atoms with Gasteiger partial charge in [-0.15, -0.1) is 0 Å². The summed E-state index contributed by atoms with van der Waals surface area (Å²) in [6, 6.07) is 8.88. The van der Waals surface area contributed by atoms with Gasteiger partial charge in [0.05, 0.1) is 23.8 Å². The third kappa shape index (κ3) is 6.19. The highest BCUT2D eigenvalue weighted by atomic mass is 16.7. The van der Waals surface area contributed by atoms with Crippen LogP contribution in [0.25, 0.3) is 0 Å². The van der Waals surface area contributed by atoms with Crippen LogP contribution < -0.4 is 10.6 Å². The molecular weight excluding hydrogens is 375 g/mol. The van der Waals surface area contributed by atoms with Crippen molar-refractivity contribution in [2.24, 2.45) is 0 Å². The molecule has 3 N–H and O–H groups in total. The first-order valence-corrected chi connectivity index (χ1v) is 9.74.